The molecule has 1 aromatic heterocycles. The van der Waals surface area contributed by atoms with Crippen molar-refractivity contribution in [1.82, 2.24) is 20.2 Å². The molecule has 1 aliphatic heterocycles. The van der Waals surface area contributed by atoms with Crippen LogP contribution in [0.2, 0.25) is 0 Å². The third-order valence-electron chi connectivity index (χ3n) is 4.96. The Kier molecular flexibility index (Phi) is 5.35. The van der Waals surface area contributed by atoms with E-state index in [9.17, 15) is 15.0 Å². The molecular formula is C20H22N6O3S. The predicted octanol–water partition coefficient (Wildman–Crippen LogP) is 2.61. The molecule has 0 radical (unpaired) electrons. The van der Waals surface area contributed by atoms with E-state index >= 15 is 0 Å². The van der Waals surface area contributed by atoms with Crippen molar-refractivity contribution in [3.05, 3.63) is 53.9 Å². The Morgan fingerprint density at radius 3 is 2.70 bits per heavy atom. The lowest BCUT2D eigenvalue weighted by molar-refractivity contribution is 0.0311. The molecule has 9 nitrogen and oxygen atoms in total. The predicted molar refractivity (Wildman–Crippen MR) is 114 cm³/mol. The molecular weight excluding hydrogens is 404 g/mol. The fourth-order valence-corrected chi connectivity index (χ4v) is 4.35. The molecule has 1 aliphatic rings. The summed E-state index contributed by atoms with van der Waals surface area (Å²) < 4.78 is 4.93. The Balaban J connectivity index is 1.64. The zero-order valence-corrected chi connectivity index (χ0v) is 17.4. The molecule has 3 aromatic rings. The van der Waals surface area contributed by atoms with E-state index < -0.39 is 11.6 Å². The normalized spacial score (nSPS) is 15.0. The van der Waals surface area contributed by atoms with E-state index in [1.165, 1.54) is 18.3 Å². The maximum Gasteiger partial charge on any atom is 0.335 e. The molecule has 10 heteroatoms. The van der Waals surface area contributed by atoms with Crippen LogP contribution in [0.5, 0.6) is 0 Å². The van der Waals surface area contributed by atoms with Gasteiger partial charge in [0.25, 0.3) is 0 Å². The minimum atomic E-state index is -0.955. The maximum absolute atomic E-state index is 11.4. The van der Waals surface area contributed by atoms with Gasteiger partial charge < -0.3 is 19.8 Å². The minimum Gasteiger partial charge on any atom is -0.478 e. The molecule has 1 fully saturated rings. The summed E-state index contributed by atoms with van der Waals surface area (Å²) in [6, 6.07) is 11.0. The lowest BCUT2D eigenvalue weighted by Crippen LogP contribution is -2.60. The lowest BCUT2D eigenvalue weighted by Gasteiger charge is -2.46. The van der Waals surface area contributed by atoms with E-state index in [4.69, 9.17) is 0 Å². The number of benzene rings is 2. The number of rotatable bonds is 7. The van der Waals surface area contributed by atoms with Crippen LogP contribution in [0.1, 0.15) is 29.8 Å². The summed E-state index contributed by atoms with van der Waals surface area (Å²) in [6.45, 7) is 4.91. The van der Waals surface area contributed by atoms with Gasteiger partial charge in [-0.2, -0.15) is 0 Å². The van der Waals surface area contributed by atoms with Crippen LogP contribution in [-0.4, -0.2) is 55.1 Å². The van der Waals surface area contributed by atoms with Crippen LogP contribution in [0.25, 0.3) is 5.69 Å². The molecule has 2 heterocycles. The molecule has 3 N–H and O–H groups in total. The summed E-state index contributed by atoms with van der Waals surface area (Å²) >= 11 is 1.36. The topological polar surface area (TPSA) is 116 Å². The van der Waals surface area contributed by atoms with E-state index in [-0.39, 0.29) is 5.56 Å². The molecule has 0 unspecified atom stereocenters. The highest BCUT2D eigenvalue weighted by atomic mass is 32.2. The fourth-order valence-electron chi connectivity index (χ4n) is 3.43. The zero-order chi connectivity index (χ0) is 21.3. The largest absolute Gasteiger partial charge is 0.478 e. The van der Waals surface area contributed by atoms with Crippen LogP contribution in [0.3, 0.4) is 0 Å². The van der Waals surface area contributed by atoms with Crippen LogP contribution in [0.4, 0.5) is 11.4 Å². The van der Waals surface area contributed by atoms with Crippen molar-refractivity contribution in [2.24, 2.45) is 0 Å². The number of aryl methyl sites for hydroxylation is 1. The Labute approximate surface area is 177 Å². The van der Waals surface area contributed by atoms with Crippen molar-refractivity contribution >= 4 is 29.3 Å². The molecule has 0 spiro atoms. The van der Waals surface area contributed by atoms with Gasteiger partial charge in [0, 0.05) is 18.0 Å². The van der Waals surface area contributed by atoms with Gasteiger partial charge in [0.05, 0.1) is 28.2 Å². The number of β-amino-alcohol motifs (C(OH)–C–C–N with tert-alkyl or cyclic N) is 1. The van der Waals surface area contributed by atoms with Crippen LogP contribution in [0, 0.1) is 0 Å². The first-order valence-corrected chi connectivity index (χ1v) is 10.3. The number of carboxylic acid groups (broad SMARTS) is 1. The van der Waals surface area contributed by atoms with Crippen molar-refractivity contribution < 1.29 is 15.0 Å². The van der Waals surface area contributed by atoms with Crippen molar-refractivity contribution in [3.8, 4) is 5.69 Å². The summed E-state index contributed by atoms with van der Waals surface area (Å²) in [5, 5.41) is 30.8. The number of nitrogens with zero attached hydrogens (tertiary/aromatic N) is 5. The fraction of sp³-hybridized carbons (Fsp3) is 0.300. The molecule has 0 aliphatic carbocycles. The van der Waals surface area contributed by atoms with Gasteiger partial charge in [0.1, 0.15) is 6.33 Å². The standard InChI is InChI=1S/C20H22N6O3S/c1-3-13-4-5-14(19(27)28)8-18(13)30-22-16-9-15(26-12-21-23-24-26)6-7-17(16)25-10-20(2,29)11-25/h4-9,12,22,29H,3,10-11H2,1-2H3,(H,27,28). The van der Waals surface area contributed by atoms with Crippen molar-refractivity contribution in [1.29, 1.82) is 0 Å². The highest BCUT2D eigenvalue weighted by Crippen LogP contribution is 2.37. The molecule has 4 rings (SSSR count). The molecule has 30 heavy (non-hydrogen) atoms. The molecule has 0 bridgehead atoms. The summed E-state index contributed by atoms with van der Waals surface area (Å²) in [5.41, 5.74) is 3.16. The van der Waals surface area contributed by atoms with Crippen LogP contribution >= 0.6 is 11.9 Å². The number of carbonyl (C=O) groups is 1. The van der Waals surface area contributed by atoms with Gasteiger partial charge in [-0.3, -0.25) is 0 Å². The van der Waals surface area contributed by atoms with Crippen molar-refractivity contribution in [3.63, 3.8) is 0 Å². The number of tetrazole rings is 1. The Morgan fingerprint density at radius 1 is 1.27 bits per heavy atom. The number of hydrogen-bond donors (Lipinski definition) is 3. The van der Waals surface area contributed by atoms with Crippen LogP contribution in [-0.2, 0) is 6.42 Å². The van der Waals surface area contributed by atoms with Gasteiger partial charge >= 0.3 is 5.97 Å². The quantitative estimate of drug-likeness (QED) is 0.490. The second-order valence-corrected chi connectivity index (χ2v) is 8.34. The highest BCUT2D eigenvalue weighted by Gasteiger charge is 2.37. The Bertz CT molecular complexity index is 1060. The van der Waals surface area contributed by atoms with E-state index in [1.807, 2.05) is 38.1 Å². The third kappa shape index (κ3) is 4.10. The molecule has 0 saturated carbocycles. The van der Waals surface area contributed by atoms with Gasteiger partial charge in [-0.1, -0.05) is 13.0 Å². The number of aromatic carboxylic acids is 1. The van der Waals surface area contributed by atoms with E-state index in [0.717, 1.165) is 33.9 Å². The number of hydrogen-bond acceptors (Lipinski definition) is 8. The first kappa shape index (κ1) is 20.2. The van der Waals surface area contributed by atoms with Crippen LogP contribution in [0.15, 0.2) is 47.6 Å². The summed E-state index contributed by atoms with van der Waals surface area (Å²) in [4.78, 5) is 14.3. The van der Waals surface area contributed by atoms with Crippen LogP contribution < -0.4 is 9.62 Å². The zero-order valence-electron chi connectivity index (χ0n) is 16.6. The van der Waals surface area contributed by atoms with Crippen molar-refractivity contribution in [2.75, 3.05) is 22.7 Å². The maximum atomic E-state index is 11.4. The van der Waals surface area contributed by atoms with Gasteiger partial charge in [-0.05, 0) is 71.6 Å². The Morgan fingerprint density at radius 2 is 2.07 bits per heavy atom. The molecule has 0 atom stereocenters. The Hall–Kier alpha value is -3.11. The van der Waals surface area contributed by atoms with Gasteiger partial charge in [0.15, 0.2) is 0 Å². The second-order valence-electron chi connectivity index (χ2n) is 7.49. The van der Waals surface area contributed by atoms with Gasteiger partial charge in [0.2, 0.25) is 0 Å². The van der Waals surface area contributed by atoms with Gasteiger partial charge in [-0.15, -0.1) is 5.10 Å². The highest BCUT2D eigenvalue weighted by molar-refractivity contribution is 8.00. The summed E-state index contributed by atoms with van der Waals surface area (Å²) in [7, 11) is 0. The first-order chi connectivity index (χ1) is 14.4. The lowest BCUT2D eigenvalue weighted by atomic mass is 9.96. The second kappa shape index (κ2) is 7.96. The van der Waals surface area contributed by atoms with E-state index in [2.05, 4.69) is 25.1 Å². The van der Waals surface area contributed by atoms with Gasteiger partial charge in [-0.25, -0.2) is 9.48 Å². The van der Waals surface area contributed by atoms with E-state index in [1.54, 1.807) is 16.8 Å². The molecule has 2 aromatic carbocycles. The monoisotopic (exact) mass is 426 g/mol. The smallest absolute Gasteiger partial charge is 0.335 e. The summed E-state index contributed by atoms with van der Waals surface area (Å²) in [6.07, 6.45) is 2.31. The number of nitrogens with one attached hydrogen (secondary N) is 1. The first-order valence-electron chi connectivity index (χ1n) is 9.50. The number of aliphatic hydroxyl groups is 1. The summed E-state index contributed by atoms with van der Waals surface area (Å²) in [5.74, 6) is -0.955. The average Bonchev–Trinajstić information content (AvgIpc) is 3.24. The molecule has 0 amide bonds. The SMILES string of the molecule is CCc1ccc(C(=O)O)cc1SNc1cc(-n2cnnn2)ccc1N1CC(C)(O)C1. The minimum absolute atomic E-state index is 0.248. The van der Waals surface area contributed by atoms with Crippen molar-refractivity contribution in [2.45, 2.75) is 30.8 Å². The third-order valence-corrected chi connectivity index (χ3v) is 5.89. The molecule has 1 saturated heterocycles. The number of aromatic nitrogens is 4. The molecule has 156 valence electrons. The van der Waals surface area contributed by atoms with E-state index in [0.29, 0.717) is 13.1 Å². The average molecular weight is 427 g/mol. The number of carboxylic acids is 1. The number of anilines is 2.